The molecule has 0 atom stereocenters. The van der Waals surface area contributed by atoms with E-state index in [0.717, 1.165) is 5.56 Å². The Hall–Kier alpha value is -2.40. The largest absolute Gasteiger partial charge is 0.206 e. The van der Waals surface area contributed by atoms with Crippen molar-refractivity contribution >= 4 is 0 Å². The summed E-state index contributed by atoms with van der Waals surface area (Å²) in [7, 11) is 0. The number of aryl methyl sites for hydroxylation is 1. The van der Waals surface area contributed by atoms with Crippen LogP contribution in [0.2, 0.25) is 0 Å². The molecule has 0 N–H and O–H groups in total. The molecule has 0 radical (unpaired) electrons. The lowest BCUT2D eigenvalue weighted by Crippen LogP contribution is -2.11. The predicted octanol–water partition coefficient (Wildman–Crippen LogP) is 6.13. The van der Waals surface area contributed by atoms with Crippen LogP contribution in [0.15, 0.2) is 49.1 Å². The number of hydrogen-bond acceptors (Lipinski definition) is 0. The number of halogens is 2. The molecule has 0 aliphatic heterocycles. The van der Waals surface area contributed by atoms with Crippen molar-refractivity contribution < 1.29 is 8.78 Å². The van der Waals surface area contributed by atoms with Crippen LogP contribution < -0.4 is 0 Å². The molecule has 0 saturated heterocycles. The Morgan fingerprint density at radius 1 is 0.960 bits per heavy atom. The van der Waals surface area contributed by atoms with Crippen molar-refractivity contribution in [2.75, 3.05) is 0 Å². The monoisotopic (exact) mass is 336 g/mol. The molecule has 25 heavy (non-hydrogen) atoms. The molecule has 0 heterocycles. The zero-order chi connectivity index (χ0) is 17.8. The van der Waals surface area contributed by atoms with Gasteiger partial charge in [-0.25, -0.2) is 8.78 Å². The predicted molar refractivity (Wildman–Crippen MR) is 98.4 cm³/mol. The summed E-state index contributed by atoms with van der Waals surface area (Å²) in [5.74, 6) is 5.51. The molecule has 0 aromatic heterocycles. The van der Waals surface area contributed by atoms with E-state index >= 15 is 0 Å². The fourth-order valence-corrected chi connectivity index (χ4v) is 3.48. The molecule has 2 aromatic rings. The van der Waals surface area contributed by atoms with Crippen molar-refractivity contribution in [1.82, 2.24) is 0 Å². The SMILES string of the molecule is C=CC1CCC(c2ccc(C#Cc3c(F)cc(C)cc3F)cc2)CC1. The number of rotatable bonds is 2. The van der Waals surface area contributed by atoms with Crippen LogP contribution in [0.3, 0.4) is 0 Å². The lowest BCUT2D eigenvalue weighted by molar-refractivity contribution is 0.376. The van der Waals surface area contributed by atoms with Gasteiger partial charge in [-0.2, -0.15) is 0 Å². The third-order valence-electron chi connectivity index (χ3n) is 5.01. The van der Waals surface area contributed by atoms with E-state index in [1.54, 1.807) is 6.92 Å². The second kappa shape index (κ2) is 7.66. The van der Waals surface area contributed by atoms with Crippen LogP contribution in [0.4, 0.5) is 8.78 Å². The van der Waals surface area contributed by atoms with Gasteiger partial charge in [-0.1, -0.05) is 30.0 Å². The van der Waals surface area contributed by atoms with E-state index in [9.17, 15) is 8.78 Å². The Kier molecular flexibility index (Phi) is 5.34. The van der Waals surface area contributed by atoms with E-state index in [0.29, 0.717) is 17.4 Å². The van der Waals surface area contributed by atoms with E-state index in [1.807, 2.05) is 12.1 Å². The van der Waals surface area contributed by atoms with E-state index in [-0.39, 0.29) is 5.56 Å². The first-order valence-electron chi connectivity index (χ1n) is 8.77. The lowest BCUT2D eigenvalue weighted by Gasteiger charge is -2.26. The van der Waals surface area contributed by atoms with E-state index in [4.69, 9.17) is 0 Å². The highest BCUT2D eigenvalue weighted by atomic mass is 19.1. The van der Waals surface area contributed by atoms with Gasteiger partial charge < -0.3 is 0 Å². The Labute approximate surface area is 148 Å². The Morgan fingerprint density at radius 2 is 1.56 bits per heavy atom. The first-order chi connectivity index (χ1) is 12.1. The van der Waals surface area contributed by atoms with Gasteiger partial charge in [0.05, 0.1) is 5.56 Å². The normalized spacial score (nSPS) is 19.8. The maximum absolute atomic E-state index is 13.8. The topological polar surface area (TPSA) is 0 Å². The molecule has 1 aliphatic rings. The smallest absolute Gasteiger partial charge is 0.142 e. The lowest BCUT2D eigenvalue weighted by atomic mass is 9.79. The van der Waals surface area contributed by atoms with E-state index < -0.39 is 11.6 Å². The maximum Gasteiger partial charge on any atom is 0.142 e. The summed E-state index contributed by atoms with van der Waals surface area (Å²) >= 11 is 0. The van der Waals surface area contributed by atoms with Gasteiger partial charge in [0.1, 0.15) is 11.6 Å². The average Bonchev–Trinajstić information content (AvgIpc) is 2.61. The quantitative estimate of drug-likeness (QED) is 0.457. The summed E-state index contributed by atoms with van der Waals surface area (Å²) in [5.41, 5.74) is 2.47. The first kappa shape index (κ1) is 17.4. The zero-order valence-corrected chi connectivity index (χ0v) is 14.5. The van der Waals surface area contributed by atoms with E-state index in [2.05, 4.69) is 36.6 Å². The van der Waals surface area contributed by atoms with Crippen molar-refractivity contribution in [2.24, 2.45) is 5.92 Å². The molecule has 2 heteroatoms. The summed E-state index contributed by atoms with van der Waals surface area (Å²) < 4.78 is 27.7. The fraction of sp³-hybridized carbons (Fsp3) is 0.304. The highest BCUT2D eigenvalue weighted by molar-refractivity contribution is 5.45. The molecule has 3 rings (SSSR count). The van der Waals surface area contributed by atoms with Gasteiger partial charge in [0.2, 0.25) is 0 Å². The minimum absolute atomic E-state index is 0.169. The second-order valence-corrected chi connectivity index (χ2v) is 6.82. The maximum atomic E-state index is 13.8. The Balaban J connectivity index is 1.73. The van der Waals surface area contributed by atoms with Gasteiger partial charge >= 0.3 is 0 Å². The summed E-state index contributed by atoms with van der Waals surface area (Å²) in [6.07, 6.45) is 6.82. The van der Waals surface area contributed by atoms with Crippen LogP contribution in [0.25, 0.3) is 0 Å². The molecule has 1 fully saturated rings. The molecule has 1 aliphatic carbocycles. The molecule has 0 amide bonds. The Morgan fingerprint density at radius 3 is 2.12 bits per heavy atom. The highest BCUT2D eigenvalue weighted by Crippen LogP contribution is 2.36. The second-order valence-electron chi connectivity index (χ2n) is 6.82. The molecule has 1 saturated carbocycles. The van der Waals surface area contributed by atoms with Crippen molar-refractivity contribution in [1.29, 1.82) is 0 Å². The van der Waals surface area contributed by atoms with Crippen molar-refractivity contribution in [2.45, 2.75) is 38.5 Å². The minimum atomic E-state index is -0.611. The summed E-state index contributed by atoms with van der Waals surface area (Å²) in [5, 5.41) is 0. The number of allylic oxidation sites excluding steroid dienone is 1. The third kappa shape index (κ3) is 4.17. The van der Waals surface area contributed by atoms with Gasteiger partial charge in [0.25, 0.3) is 0 Å². The van der Waals surface area contributed by atoms with Crippen LogP contribution in [-0.4, -0.2) is 0 Å². The molecule has 0 nitrogen and oxygen atoms in total. The zero-order valence-electron chi connectivity index (χ0n) is 14.5. The van der Waals surface area contributed by atoms with Crippen LogP contribution >= 0.6 is 0 Å². The Bertz CT molecular complexity index is 790. The molecular weight excluding hydrogens is 314 g/mol. The standard InChI is InChI=1S/C23H22F2/c1-3-17-4-9-19(10-5-17)20-11-6-18(7-12-20)8-13-21-22(24)14-16(2)15-23(21)25/h3,6-7,11-12,14-15,17,19H,1,4-5,9-10H2,2H3. The molecular formula is C23H22F2. The molecule has 0 spiro atoms. The van der Waals surface area contributed by atoms with Gasteiger partial charge in [-0.3, -0.25) is 0 Å². The summed E-state index contributed by atoms with van der Waals surface area (Å²) in [6.45, 7) is 5.55. The minimum Gasteiger partial charge on any atom is -0.206 e. The first-order valence-corrected chi connectivity index (χ1v) is 8.77. The fourth-order valence-electron chi connectivity index (χ4n) is 3.48. The highest BCUT2D eigenvalue weighted by Gasteiger charge is 2.20. The van der Waals surface area contributed by atoms with E-state index in [1.165, 1.54) is 43.4 Å². The van der Waals surface area contributed by atoms with Crippen molar-refractivity contribution in [3.05, 3.63) is 82.9 Å². The van der Waals surface area contributed by atoms with Crippen molar-refractivity contribution in [3.63, 3.8) is 0 Å². The van der Waals surface area contributed by atoms with Gasteiger partial charge in [-0.15, -0.1) is 6.58 Å². The van der Waals surface area contributed by atoms with Crippen molar-refractivity contribution in [3.8, 4) is 11.8 Å². The van der Waals surface area contributed by atoms with Crippen LogP contribution in [0, 0.1) is 36.3 Å². The molecule has 0 unspecified atom stereocenters. The molecule has 0 bridgehead atoms. The van der Waals surface area contributed by atoms with Crippen LogP contribution in [0.5, 0.6) is 0 Å². The number of hydrogen-bond donors (Lipinski definition) is 0. The molecule has 128 valence electrons. The molecule has 2 aromatic carbocycles. The summed E-state index contributed by atoms with van der Waals surface area (Å²) in [4.78, 5) is 0. The van der Waals surface area contributed by atoms with Gasteiger partial charge in [0.15, 0.2) is 0 Å². The summed E-state index contributed by atoms with van der Waals surface area (Å²) in [6, 6.07) is 10.7. The van der Waals surface area contributed by atoms with Gasteiger partial charge in [-0.05, 0) is 79.8 Å². The third-order valence-corrected chi connectivity index (χ3v) is 5.01. The van der Waals surface area contributed by atoms with Gasteiger partial charge in [0, 0.05) is 5.56 Å². The number of benzene rings is 2. The van der Waals surface area contributed by atoms with Crippen LogP contribution in [-0.2, 0) is 0 Å². The van der Waals surface area contributed by atoms with Crippen LogP contribution in [0.1, 0.15) is 53.9 Å². The average molecular weight is 336 g/mol.